The predicted octanol–water partition coefficient (Wildman–Crippen LogP) is 4.03. The molecule has 1 saturated heterocycles. The van der Waals surface area contributed by atoms with E-state index in [-0.39, 0.29) is 5.91 Å². The van der Waals surface area contributed by atoms with Crippen molar-refractivity contribution >= 4 is 16.8 Å². The number of likely N-dealkylation sites (tertiary alicyclic amines) is 1. The van der Waals surface area contributed by atoms with Crippen LogP contribution in [-0.4, -0.2) is 35.5 Å². The third-order valence-electron chi connectivity index (χ3n) is 5.19. The number of para-hydroxylation sites is 2. The average Bonchev–Trinajstić information content (AvgIpc) is 3.30. The lowest BCUT2D eigenvalue weighted by Gasteiger charge is -2.16. The molecule has 0 saturated carbocycles. The van der Waals surface area contributed by atoms with Crippen LogP contribution in [0.1, 0.15) is 18.4 Å². The molecule has 1 amide bonds. The minimum Gasteiger partial charge on any atom is -0.494 e. The molecule has 1 aromatic heterocycles. The zero-order valence-corrected chi connectivity index (χ0v) is 14.9. The molecule has 26 heavy (non-hydrogen) atoms. The van der Waals surface area contributed by atoms with Crippen LogP contribution in [0.2, 0.25) is 0 Å². The highest BCUT2D eigenvalue weighted by atomic mass is 16.5. The Bertz CT molecular complexity index is 872. The molecule has 4 rings (SSSR count). The van der Waals surface area contributed by atoms with E-state index in [4.69, 9.17) is 4.74 Å². The molecular formula is C22H24N2O2. The van der Waals surface area contributed by atoms with E-state index < -0.39 is 0 Å². The molecule has 1 fully saturated rings. The Morgan fingerprint density at radius 1 is 1.12 bits per heavy atom. The van der Waals surface area contributed by atoms with Crippen LogP contribution >= 0.6 is 0 Å². The largest absolute Gasteiger partial charge is 0.494 e. The lowest BCUT2D eigenvalue weighted by atomic mass is 10.1. The highest BCUT2D eigenvalue weighted by Crippen LogP contribution is 2.23. The molecule has 4 heteroatoms. The summed E-state index contributed by atoms with van der Waals surface area (Å²) in [6, 6.07) is 18.0. The number of rotatable bonds is 6. The second-order valence-corrected chi connectivity index (χ2v) is 6.98. The van der Waals surface area contributed by atoms with Crippen molar-refractivity contribution in [2.45, 2.75) is 19.3 Å². The second-order valence-electron chi connectivity index (χ2n) is 6.98. The maximum Gasteiger partial charge on any atom is 0.227 e. The summed E-state index contributed by atoms with van der Waals surface area (Å²) in [6.07, 6.45) is 4.49. The van der Waals surface area contributed by atoms with Crippen molar-refractivity contribution in [3.05, 3.63) is 66.4 Å². The lowest BCUT2D eigenvalue weighted by molar-refractivity contribution is -0.129. The van der Waals surface area contributed by atoms with Gasteiger partial charge in [0.15, 0.2) is 0 Å². The highest BCUT2D eigenvalue weighted by molar-refractivity contribution is 5.88. The number of benzene rings is 2. The van der Waals surface area contributed by atoms with Crippen molar-refractivity contribution in [2.75, 3.05) is 19.7 Å². The summed E-state index contributed by atoms with van der Waals surface area (Å²) in [5, 5.41) is 1.15. The van der Waals surface area contributed by atoms with Gasteiger partial charge in [0, 0.05) is 30.2 Å². The van der Waals surface area contributed by atoms with Gasteiger partial charge in [-0.05, 0) is 42.5 Å². The number of amides is 1. The van der Waals surface area contributed by atoms with Crippen molar-refractivity contribution in [1.29, 1.82) is 0 Å². The van der Waals surface area contributed by atoms with Gasteiger partial charge in [-0.2, -0.15) is 0 Å². The van der Waals surface area contributed by atoms with Gasteiger partial charge in [0.2, 0.25) is 5.91 Å². The molecule has 2 aromatic carbocycles. The van der Waals surface area contributed by atoms with E-state index in [2.05, 4.69) is 11.1 Å². The number of aromatic nitrogens is 1. The number of aromatic amines is 1. The molecule has 0 radical (unpaired) electrons. The molecule has 1 N–H and O–H groups in total. The average molecular weight is 348 g/mol. The smallest absolute Gasteiger partial charge is 0.227 e. The first-order valence-corrected chi connectivity index (χ1v) is 9.30. The Morgan fingerprint density at radius 3 is 2.81 bits per heavy atom. The van der Waals surface area contributed by atoms with Gasteiger partial charge in [-0.15, -0.1) is 0 Å². The Balaban J connectivity index is 1.27. The van der Waals surface area contributed by atoms with Gasteiger partial charge >= 0.3 is 0 Å². The number of hydrogen-bond donors (Lipinski definition) is 1. The first kappa shape index (κ1) is 16.7. The number of carbonyl (C=O) groups is 1. The molecule has 1 atom stereocenters. The van der Waals surface area contributed by atoms with E-state index in [0.29, 0.717) is 18.9 Å². The fourth-order valence-electron chi connectivity index (χ4n) is 3.71. The third kappa shape index (κ3) is 3.74. The molecule has 0 spiro atoms. The van der Waals surface area contributed by atoms with Gasteiger partial charge in [0.25, 0.3) is 0 Å². The van der Waals surface area contributed by atoms with E-state index in [0.717, 1.165) is 48.1 Å². The topological polar surface area (TPSA) is 45.3 Å². The molecule has 1 unspecified atom stereocenters. The zero-order chi connectivity index (χ0) is 17.8. The fraction of sp³-hybridized carbons (Fsp3) is 0.318. The van der Waals surface area contributed by atoms with Crippen molar-refractivity contribution < 1.29 is 9.53 Å². The number of ether oxygens (including phenoxy) is 1. The SMILES string of the molecule is O=C(Cc1c[nH]c2ccccc12)N1CCC(CCOc2ccccc2)C1. The molecule has 2 heterocycles. The molecule has 134 valence electrons. The van der Waals surface area contributed by atoms with Crippen molar-refractivity contribution in [2.24, 2.45) is 5.92 Å². The van der Waals surface area contributed by atoms with Gasteiger partial charge in [-0.25, -0.2) is 0 Å². The monoisotopic (exact) mass is 348 g/mol. The molecular weight excluding hydrogens is 324 g/mol. The van der Waals surface area contributed by atoms with Crippen LogP contribution in [0.5, 0.6) is 5.75 Å². The number of H-pyrrole nitrogens is 1. The molecule has 0 aliphatic carbocycles. The zero-order valence-electron chi connectivity index (χ0n) is 14.9. The predicted molar refractivity (Wildman–Crippen MR) is 103 cm³/mol. The van der Waals surface area contributed by atoms with E-state index >= 15 is 0 Å². The number of nitrogens with zero attached hydrogens (tertiary/aromatic N) is 1. The summed E-state index contributed by atoms with van der Waals surface area (Å²) in [7, 11) is 0. The van der Waals surface area contributed by atoms with Gasteiger partial charge in [0.1, 0.15) is 5.75 Å². The van der Waals surface area contributed by atoms with Crippen LogP contribution in [0.3, 0.4) is 0 Å². The van der Waals surface area contributed by atoms with Gasteiger partial charge in [-0.3, -0.25) is 4.79 Å². The summed E-state index contributed by atoms with van der Waals surface area (Å²) in [5.74, 6) is 1.67. The Kier molecular flexibility index (Phi) is 4.91. The first-order valence-electron chi connectivity index (χ1n) is 9.30. The summed E-state index contributed by atoms with van der Waals surface area (Å²) < 4.78 is 5.79. The summed E-state index contributed by atoms with van der Waals surface area (Å²) in [5.41, 5.74) is 2.18. The van der Waals surface area contributed by atoms with Crippen LogP contribution in [-0.2, 0) is 11.2 Å². The standard InChI is InChI=1S/C22H24N2O2/c25-22(14-18-15-23-21-9-5-4-8-20(18)21)24-12-10-17(16-24)11-13-26-19-6-2-1-3-7-19/h1-9,15,17,23H,10-14,16H2. The third-order valence-corrected chi connectivity index (χ3v) is 5.19. The Hall–Kier alpha value is -2.75. The normalized spacial score (nSPS) is 16.9. The van der Waals surface area contributed by atoms with Gasteiger partial charge < -0.3 is 14.6 Å². The van der Waals surface area contributed by atoms with Gasteiger partial charge in [-0.1, -0.05) is 36.4 Å². The number of hydrogen-bond acceptors (Lipinski definition) is 2. The summed E-state index contributed by atoms with van der Waals surface area (Å²) in [6.45, 7) is 2.41. The Morgan fingerprint density at radius 2 is 1.92 bits per heavy atom. The molecule has 1 aliphatic rings. The Labute approximate surface area is 153 Å². The van der Waals surface area contributed by atoms with E-state index in [1.54, 1.807) is 0 Å². The number of carbonyl (C=O) groups excluding carboxylic acids is 1. The minimum absolute atomic E-state index is 0.223. The van der Waals surface area contributed by atoms with E-state index in [1.165, 1.54) is 0 Å². The lowest BCUT2D eigenvalue weighted by Crippen LogP contribution is -2.30. The fourth-order valence-corrected chi connectivity index (χ4v) is 3.71. The highest BCUT2D eigenvalue weighted by Gasteiger charge is 2.26. The number of fused-ring (bicyclic) bond motifs is 1. The quantitative estimate of drug-likeness (QED) is 0.731. The maximum absolute atomic E-state index is 12.7. The first-order chi connectivity index (χ1) is 12.8. The van der Waals surface area contributed by atoms with Crippen LogP contribution in [0, 0.1) is 5.92 Å². The van der Waals surface area contributed by atoms with Crippen molar-refractivity contribution in [3.63, 3.8) is 0 Å². The molecule has 4 nitrogen and oxygen atoms in total. The van der Waals surface area contributed by atoms with Crippen molar-refractivity contribution in [3.8, 4) is 5.75 Å². The van der Waals surface area contributed by atoms with E-state index in [1.807, 2.05) is 59.6 Å². The van der Waals surface area contributed by atoms with Crippen LogP contribution in [0.4, 0.5) is 0 Å². The van der Waals surface area contributed by atoms with Gasteiger partial charge in [0.05, 0.1) is 13.0 Å². The molecule has 3 aromatic rings. The van der Waals surface area contributed by atoms with Crippen LogP contribution in [0.25, 0.3) is 10.9 Å². The number of nitrogens with one attached hydrogen (secondary N) is 1. The maximum atomic E-state index is 12.7. The molecule has 1 aliphatic heterocycles. The second kappa shape index (κ2) is 7.65. The van der Waals surface area contributed by atoms with Crippen LogP contribution < -0.4 is 4.74 Å². The minimum atomic E-state index is 0.223. The van der Waals surface area contributed by atoms with E-state index in [9.17, 15) is 4.79 Å². The van der Waals surface area contributed by atoms with Crippen molar-refractivity contribution in [1.82, 2.24) is 9.88 Å². The van der Waals surface area contributed by atoms with Crippen LogP contribution in [0.15, 0.2) is 60.8 Å². The summed E-state index contributed by atoms with van der Waals surface area (Å²) in [4.78, 5) is 17.9. The summed E-state index contributed by atoms with van der Waals surface area (Å²) >= 11 is 0. The molecule has 0 bridgehead atoms.